The van der Waals surface area contributed by atoms with Crippen LogP contribution in [-0.4, -0.2) is 8.07 Å². The van der Waals surface area contributed by atoms with Crippen LogP contribution < -0.4 is 0 Å². The quantitative estimate of drug-likeness (QED) is 0.419. The van der Waals surface area contributed by atoms with Gasteiger partial charge in [-0.15, -0.1) is 0 Å². The first-order chi connectivity index (χ1) is 9.13. The minimum atomic E-state index is -0.869. The molecule has 1 aromatic rings. The zero-order chi connectivity index (χ0) is 13.7. The van der Waals surface area contributed by atoms with Crippen LogP contribution >= 0.6 is 15.9 Å². The van der Waals surface area contributed by atoms with E-state index in [2.05, 4.69) is 53.7 Å². The number of halogens is 1. The minimum Gasteiger partial charge on any atom is -0.0691 e. The number of rotatable bonds is 5. The summed E-state index contributed by atoms with van der Waals surface area (Å²) in [6.45, 7) is 4.97. The van der Waals surface area contributed by atoms with Crippen molar-refractivity contribution in [3.63, 3.8) is 0 Å². The van der Waals surface area contributed by atoms with Gasteiger partial charge < -0.3 is 0 Å². The Bertz CT molecular complexity index is 377. The average Bonchev–Trinajstić information content (AvgIpc) is 2.41. The average molecular weight is 339 g/mol. The first-order valence-electron chi connectivity index (χ1n) is 7.88. The van der Waals surface area contributed by atoms with E-state index >= 15 is 0 Å². The predicted octanol–water partition coefficient (Wildman–Crippen LogP) is 6.60. The van der Waals surface area contributed by atoms with Crippen LogP contribution in [0.2, 0.25) is 24.7 Å². The highest BCUT2D eigenvalue weighted by atomic mass is 79.9. The maximum atomic E-state index is 3.53. The van der Waals surface area contributed by atoms with Gasteiger partial charge in [-0.05, 0) is 36.5 Å². The van der Waals surface area contributed by atoms with Gasteiger partial charge in [0.25, 0.3) is 0 Å². The largest absolute Gasteiger partial charge is 0.0691 e. The second-order valence-electron chi connectivity index (χ2n) is 6.59. The molecule has 0 atom stereocenters. The highest BCUT2D eigenvalue weighted by molar-refractivity contribution is 9.10. The summed E-state index contributed by atoms with van der Waals surface area (Å²) < 4.78 is 1.20. The molecular weight excluding hydrogens is 312 g/mol. The summed E-state index contributed by atoms with van der Waals surface area (Å²) in [5, 5.41) is 0. The van der Waals surface area contributed by atoms with Crippen LogP contribution in [0.5, 0.6) is 0 Å². The maximum absolute atomic E-state index is 3.53. The fourth-order valence-electron chi connectivity index (χ4n) is 3.43. The molecule has 1 aliphatic heterocycles. The van der Waals surface area contributed by atoms with E-state index in [0.29, 0.717) is 0 Å². The van der Waals surface area contributed by atoms with Crippen molar-refractivity contribution >= 4 is 24.0 Å². The SMILES string of the molecule is CCCCC[Si]1(C)CCC(c2ccc(Br)cc2)CC1. The van der Waals surface area contributed by atoms with Crippen LogP contribution in [0.1, 0.15) is 50.5 Å². The lowest BCUT2D eigenvalue weighted by molar-refractivity contribution is 0.594. The van der Waals surface area contributed by atoms with E-state index in [1.807, 2.05) is 0 Å². The Morgan fingerprint density at radius 2 is 1.74 bits per heavy atom. The van der Waals surface area contributed by atoms with Crippen molar-refractivity contribution in [3.8, 4) is 0 Å². The fraction of sp³-hybridized carbons (Fsp3) is 0.647. The molecule has 0 amide bonds. The van der Waals surface area contributed by atoms with Gasteiger partial charge in [0, 0.05) is 4.47 Å². The van der Waals surface area contributed by atoms with Gasteiger partial charge in [0.1, 0.15) is 0 Å². The maximum Gasteiger partial charge on any atom is 0.0505 e. The molecule has 0 radical (unpaired) electrons. The lowest BCUT2D eigenvalue weighted by Crippen LogP contribution is -2.34. The van der Waals surface area contributed by atoms with Crippen LogP contribution in [0.25, 0.3) is 0 Å². The smallest absolute Gasteiger partial charge is 0.0505 e. The molecule has 1 aromatic carbocycles. The van der Waals surface area contributed by atoms with Crippen molar-refractivity contribution in [2.45, 2.75) is 69.6 Å². The fourth-order valence-corrected chi connectivity index (χ4v) is 7.64. The summed E-state index contributed by atoms with van der Waals surface area (Å²) in [6, 6.07) is 13.7. The molecule has 2 rings (SSSR count). The highest BCUT2D eigenvalue weighted by Gasteiger charge is 2.32. The topological polar surface area (TPSA) is 0 Å². The molecule has 0 unspecified atom stereocenters. The van der Waals surface area contributed by atoms with Crippen molar-refractivity contribution < 1.29 is 0 Å². The predicted molar refractivity (Wildman–Crippen MR) is 91.7 cm³/mol. The van der Waals surface area contributed by atoms with Gasteiger partial charge in [-0.2, -0.15) is 0 Å². The Balaban J connectivity index is 1.86. The molecule has 106 valence electrons. The van der Waals surface area contributed by atoms with Gasteiger partial charge >= 0.3 is 0 Å². The molecule has 0 saturated carbocycles. The number of benzene rings is 1. The molecule has 0 aromatic heterocycles. The number of unbranched alkanes of at least 4 members (excludes halogenated alkanes) is 2. The van der Waals surface area contributed by atoms with Crippen molar-refractivity contribution in [1.82, 2.24) is 0 Å². The van der Waals surface area contributed by atoms with Crippen molar-refractivity contribution in [3.05, 3.63) is 34.3 Å². The monoisotopic (exact) mass is 338 g/mol. The molecule has 0 bridgehead atoms. The normalized spacial score (nSPS) is 27.4. The summed E-state index contributed by atoms with van der Waals surface area (Å²) in [7, 11) is -0.869. The lowest BCUT2D eigenvalue weighted by Gasteiger charge is -2.36. The molecule has 19 heavy (non-hydrogen) atoms. The molecule has 0 spiro atoms. The van der Waals surface area contributed by atoms with Crippen molar-refractivity contribution in [2.24, 2.45) is 0 Å². The first kappa shape index (κ1) is 15.3. The summed E-state index contributed by atoms with van der Waals surface area (Å²) in [4.78, 5) is 0. The summed E-state index contributed by atoms with van der Waals surface area (Å²) in [6.07, 6.45) is 7.18. The molecule has 0 aliphatic carbocycles. The van der Waals surface area contributed by atoms with Gasteiger partial charge in [0.05, 0.1) is 8.07 Å². The van der Waals surface area contributed by atoms with E-state index in [1.54, 1.807) is 23.7 Å². The van der Waals surface area contributed by atoms with E-state index < -0.39 is 8.07 Å². The second-order valence-corrected chi connectivity index (χ2v) is 12.6. The van der Waals surface area contributed by atoms with Gasteiger partial charge in [0.2, 0.25) is 0 Å². The molecule has 1 fully saturated rings. The standard InChI is InChI=1S/C17H27BrSi/c1-3-4-5-12-19(2)13-10-16(11-14-19)15-6-8-17(18)9-7-15/h6-9,16H,3-5,10-14H2,1-2H3. The summed E-state index contributed by atoms with van der Waals surface area (Å²) >= 11 is 3.53. The zero-order valence-electron chi connectivity index (χ0n) is 12.4. The Morgan fingerprint density at radius 3 is 2.32 bits per heavy atom. The Hall–Kier alpha value is -0.0831. The number of hydrogen-bond donors (Lipinski definition) is 0. The van der Waals surface area contributed by atoms with E-state index in [-0.39, 0.29) is 0 Å². The Kier molecular flexibility index (Phi) is 5.70. The summed E-state index contributed by atoms with van der Waals surface area (Å²) in [5.41, 5.74) is 1.56. The van der Waals surface area contributed by atoms with Crippen LogP contribution in [0.15, 0.2) is 28.7 Å². The van der Waals surface area contributed by atoms with E-state index in [0.717, 1.165) is 5.92 Å². The van der Waals surface area contributed by atoms with Crippen LogP contribution in [0.4, 0.5) is 0 Å². The molecule has 0 nitrogen and oxygen atoms in total. The summed E-state index contributed by atoms with van der Waals surface area (Å²) in [5.74, 6) is 0.833. The molecule has 1 heterocycles. The van der Waals surface area contributed by atoms with Crippen LogP contribution in [0.3, 0.4) is 0 Å². The highest BCUT2D eigenvalue weighted by Crippen LogP contribution is 2.41. The minimum absolute atomic E-state index is 0.833. The third-order valence-corrected chi connectivity index (χ3v) is 10.00. The van der Waals surface area contributed by atoms with Crippen LogP contribution in [0, 0.1) is 0 Å². The van der Waals surface area contributed by atoms with Gasteiger partial charge in [0.15, 0.2) is 0 Å². The Labute approximate surface area is 128 Å². The first-order valence-corrected chi connectivity index (χ1v) is 11.8. The molecular formula is C17H27BrSi. The van der Waals surface area contributed by atoms with Crippen LogP contribution in [-0.2, 0) is 0 Å². The van der Waals surface area contributed by atoms with Gasteiger partial charge in [-0.3, -0.25) is 0 Å². The second kappa shape index (κ2) is 7.08. The van der Waals surface area contributed by atoms with E-state index in [9.17, 15) is 0 Å². The van der Waals surface area contributed by atoms with Crippen molar-refractivity contribution in [2.75, 3.05) is 0 Å². The molecule has 2 heteroatoms. The zero-order valence-corrected chi connectivity index (χ0v) is 15.0. The van der Waals surface area contributed by atoms with Gasteiger partial charge in [-0.1, -0.05) is 78.9 Å². The lowest BCUT2D eigenvalue weighted by atomic mass is 9.94. The van der Waals surface area contributed by atoms with Gasteiger partial charge in [-0.25, -0.2) is 0 Å². The molecule has 1 saturated heterocycles. The third-order valence-electron chi connectivity index (χ3n) is 4.92. The number of hydrogen-bond acceptors (Lipinski definition) is 0. The van der Waals surface area contributed by atoms with E-state index in [1.165, 1.54) is 36.6 Å². The molecule has 1 aliphatic rings. The molecule has 0 N–H and O–H groups in total. The third kappa shape index (κ3) is 4.46. The van der Waals surface area contributed by atoms with Crippen molar-refractivity contribution in [1.29, 1.82) is 0 Å². The Morgan fingerprint density at radius 1 is 1.11 bits per heavy atom. The van der Waals surface area contributed by atoms with E-state index in [4.69, 9.17) is 0 Å².